The van der Waals surface area contributed by atoms with Crippen LogP contribution in [0.2, 0.25) is 0 Å². The zero-order valence-corrected chi connectivity index (χ0v) is 29.6. The number of benzene rings is 9. The normalized spacial score (nSPS) is 11.3. The summed E-state index contributed by atoms with van der Waals surface area (Å²) < 4.78 is 6.36. The van der Waals surface area contributed by atoms with Crippen LogP contribution in [0.1, 0.15) is 0 Å². The summed E-state index contributed by atoms with van der Waals surface area (Å²) in [7, 11) is 0. The maximum absolute atomic E-state index is 6.36. The highest BCUT2D eigenvalue weighted by molar-refractivity contribution is 6.13. The Morgan fingerprint density at radius 3 is 1.59 bits per heavy atom. The summed E-state index contributed by atoms with van der Waals surface area (Å²) in [4.78, 5) is 2.35. The average molecular weight is 690 g/mol. The molecule has 54 heavy (non-hydrogen) atoms. The van der Waals surface area contributed by atoms with Crippen molar-refractivity contribution in [3.8, 4) is 44.5 Å². The van der Waals surface area contributed by atoms with E-state index in [4.69, 9.17) is 4.42 Å². The Balaban J connectivity index is 1.07. The second-order valence-corrected chi connectivity index (χ2v) is 13.7. The van der Waals surface area contributed by atoms with Gasteiger partial charge in [0.1, 0.15) is 11.2 Å². The molecule has 0 fully saturated rings. The highest BCUT2D eigenvalue weighted by Crippen LogP contribution is 2.44. The van der Waals surface area contributed by atoms with Gasteiger partial charge in [-0.1, -0.05) is 164 Å². The number of para-hydroxylation sites is 1. The first-order valence-corrected chi connectivity index (χ1v) is 18.4. The van der Waals surface area contributed by atoms with E-state index in [1.165, 1.54) is 49.7 Å². The fourth-order valence-electron chi connectivity index (χ4n) is 7.91. The number of furan rings is 1. The Morgan fingerprint density at radius 2 is 0.815 bits per heavy atom. The molecule has 0 bridgehead atoms. The van der Waals surface area contributed by atoms with Gasteiger partial charge in [-0.25, -0.2) is 0 Å². The van der Waals surface area contributed by atoms with Crippen LogP contribution < -0.4 is 4.90 Å². The molecule has 0 aliphatic heterocycles. The molecule has 0 saturated carbocycles. The van der Waals surface area contributed by atoms with E-state index in [0.717, 1.165) is 44.6 Å². The van der Waals surface area contributed by atoms with E-state index >= 15 is 0 Å². The van der Waals surface area contributed by atoms with Crippen LogP contribution in [0.5, 0.6) is 0 Å². The molecule has 0 unspecified atom stereocenters. The lowest BCUT2D eigenvalue weighted by molar-refractivity contribution is 0.669. The quantitative estimate of drug-likeness (QED) is 0.166. The number of rotatable bonds is 7. The molecule has 1 aromatic heterocycles. The van der Waals surface area contributed by atoms with Crippen molar-refractivity contribution in [3.05, 3.63) is 212 Å². The summed E-state index contributed by atoms with van der Waals surface area (Å²) in [5.41, 5.74) is 14.6. The van der Waals surface area contributed by atoms with Crippen molar-refractivity contribution in [1.82, 2.24) is 0 Å². The summed E-state index contributed by atoms with van der Waals surface area (Å²) in [6.45, 7) is 0. The van der Waals surface area contributed by atoms with Gasteiger partial charge in [-0.15, -0.1) is 0 Å². The van der Waals surface area contributed by atoms with E-state index in [1.807, 2.05) is 12.1 Å². The summed E-state index contributed by atoms with van der Waals surface area (Å²) >= 11 is 0. The standard InChI is InChI=1S/C52H35NO/c1-2-13-36(14-3-1)37-27-31-42(32-28-37)53(49-24-12-26-51-52(49)48-22-8-9-25-50(48)54-51)43-33-29-39(30-34-43)45-20-6-7-21-46(45)40-17-10-18-41(35-40)47-23-11-16-38-15-4-5-19-44(38)47/h1-35H. The molecule has 254 valence electrons. The molecule has 10 rings (SSSR count). The van der Waals surface area contributed by atoms with Gasteiger partial charge in [-0.3, -0.25) is 0 Å². The van der Waals surface area contributed by atoms with Crippen molar-refractivity contribution < 1.29 is 4.42 Å². The van der Waals surface area contributed by atoms with Gasteiger partial charge in [0.2, 0.25) is 0 Å². The van der Waals surface area contributed by atoms with Gasteiger partial charge in [0, 0.05) is 16.8 Å². The van der Waals surface area contributed by atoms with Crippen LogP contribution in [0.25, 0.3) is 77.2 Å². The molecule has 0 amide bonds. The van der Waals surface area contributed by atoms with Crippen molar-refractivity contribution in [2.75, 3.05) is 4.90 Å². The second kappa shape index (κ2) is 13.4. The SMILES string of the molecule is c1ccc(-c2ccc(N(c3ccc(-c4ccccc4-c4cccc(-c5cccc6ccccc56)c4)cc3)c3cccc4oc5ccccc5c34)cc2)cc1. The van der Waals surface area contributed by atoms with Gasteiger partial charge in [-0.05, 0) is 104 Å². The first-order chi connectivity index (χ1) is 26.8. The maximum atomic E-state index is 6.36. The zero-order valence-electron chi connectivity index (χ0n) is 29.6. The smallest absolute Gasteiger partial charge is 0.137 e. The van der Waals surface area contributed by atoms with Crippen LogP contribution in [0.4, 0.5) is 17.1 Å². The third-order valence-corrected chi connectivity index (χ3v) is 10.5. The van der Waals surface area contributed by atoms with Gasteiger partial charge in [-0.2, -0.15) is 0 Å². The number of anilines is 3. The van der Waals surface area contributed by atoms with E-state index < -0.39 is 0 Å². The van der Waals surface area contributed by atoms with Gasteiger partial charge >= 0.3 is 0 Å². The third-order valence-electron chi connectivity index (χ3n) is 10.5. The third kappa shape index (κ3) is 5.62. The number of fused-ring (bicyclic) bond motifs is 4. The monoisotopic (exact) mass is 689 g/mol. The maximum Gasteiger partial charge on any atom is 0.137 e. The molecule has 0 saturated heterocycles. The molecule has 9 aromatic carbocycles. The minimum atomic E-state index is 0.871. The summed E-state index contributed by atoms with van der Waals surface area (Å²) in [6, 6.07) is 75.8. The van der Waals surface area contributed by atoms with E-state index in [9.17, 15) is 0 Å². The molecule has 0 atom stereocenters. The molecule has 2 nitrogen and oxygen atoms in total. The molecule has 0 spiro atoms. The Kier molecular flexibility index (Phi) is 7.85. The molecule has 0 aliphatic carbocycles. The van der Waals surface area contributed by atoms with Crippen molar-refractivity contribution in [1.29, 1.82) is 0 Å². The summed E-state index contributed by atoms with van der Waals surface area (Å²) in [5.74, 6) is 0. The highest BCUT2D eigenvalue weighted by Gasteiger charge is 2.20. The van der Waals surface area contributed by atoms with Crippen LogP contribution in [0.3, 0.4) is 0 Å². The molecule has 0 aliphatic rings. The van der Waals surface area contributed by atoms with E-state index in [-0.39, 0.29) is 0 Å². The van der Waals surface area contributed by atoms with Crippen molar-refractivity contribution in [3.63, 3.8) is 0 Å². The first kappa shape index (κ1) is 31.6. The molecule has 1 heterocycles. The lowest BCUT2D eigenvalue weighted by atomic mass is 9.91. The van der Waals surface area contributed by atoms with Gasteiger partial charge in [0.25, 0.3) is 0 Å². The predicted octanol–water partition coefficient (Wildman–Crippen LogP) is 14.9. The number of hydrogen-bond acceptors (Lipinski definition) is 2. The lowest BCUT2D eigenvalue weighted by Crippen LogP contribution is -2.10. The Hall–Kier alpha value is -7.16. The fraction of sp³-hybridized carbons (Fsp3) is 0. The highest BCUT2D eigenvalue weighted by atomic mass is 16.3. The predicted molar refractivity (Wildman–Crippen MR) is 228 cm³/mol. The van der Waals surface area contributed by atoms with Crippen LogP contribution in [-0.4, -0.2) is 0 Å². The minimum absolute atomic E-state index is 0.871. The van der Waals surface area contributed by atoms with Crippen molar-refractivity contribution >= 4 is 49.8 Å². The topological polar surface area (TPSA) is 16.4 Å². The van der Waals surface area contributed by atoms with Gasteiger partial charge < -0.3 is 9.32 Å². The first-order valence-electron chi connectivity index (χ1n) is 18.4. The molecular weight excluding hydrogens is 655 g/mol. The van der Waals surface area contributed by atoms with Gasteiger partial charge in [0.05, 0.1) is 11.1 Å². The molecule has 0 N–H and O–H groups in total. The van der Waals surface area contributed by atoms with Crippen LogP contribution in [0.15, 0.2) is 217 Å². The molecule has 0 radical (unpaired) electrons. The number of nitrogens with zero attached hydrogens (tertiary/aromatic N) is 1. The molecule has 10 aromatic rings. The fourth-order valence-corrected chi connectivity index (χ4v) is 7.91. The second-order valence-electron chi connectivity index (χ2n) is 13.7. The van der Waals surface area contributed by atoms with Gasteiger partial charge in [0.15, 0.2) is 0 Å². The minimum Gasteiger partial charge on any atom is -0.456 e. The van der Waals surface area contributed by atoms with Crippen molar-refractivity contribution in [2.45, 2.75) is 0 Å². The van der Waals surface area contributed by atoms with Crippen molar-refractivity contribution in [2.24, 2.45) is 0 Å². The zero-order chi connectivity index (χ0) is 35.8. The van der Waals surface area contributed by atoms with Crippen LogP contribution in [-0.2, 0) is 0 Å². The largest absolute Gasteiger partial charge is 0.456 e. The Morgan fingerprint density at radius 1 is 0.315 bits per heavy atom. The summed E-state index contributed by atoms with van der Waals surface area (Å²) in [6.07, 6.45) is 0. The molecule has 2 heteroatoms. The average Bonchev–Trinajstić information content (AvgIpc) is 3.64. The van der Waals surface area contributed by atoms with E-state index in [1.54, 1.807) is 0 Å². The van der Waals surface area contributed by atoms with Crippen LogP contribution >= 0.6 is 0 Å². The Bertz CT molecular complexity index is 2920. The van der Waals surface area contributed by atoms with Crippen LogP contribution in [0, 0.1) is 0 Å². The summed E-state index contributed by atoms with van der Waals surface area (Å²) in [5, 5.41) is 4.71. The molecular formula is C52H35NO. The van der Waals surface area contributed by atoms with E-state index in [0.29, 0.717) is 0 Å². The Labute approximate surface area is 314 Å². The number of hydrogen-bond donors (Lipinski definition) is 0. The van der Waals surface area contributed by atoms with E-state index in [2.05, 4.69) is 205 Å². The lowest BCUT2D eigenvalue weighted by Gasteiger charge is -2.27.